The zero-order chi connectivity index (χ0) is 16.7. The summed E-state index contributed by atoms with van der Waals surface area (Å²) in [5.74, 6) is 0. The van der Waals surface area contributed by atoms with Crippen molar-refractivity contribution in [1.29, 1.82) is 0 Å². The maximum atomic E-state index is 12.6. The van der Waals surface area contributed by atoms with E-state index in [2.05, 4.69) is 15.1 Å². The predicted molar refractivity (Wildman–Crippen MR) is 97.3 cm³/mol. The molecular weight excluding hydrogens is 347 g/mol. The number of fused-ring (bicyclic) bond motifs is 3. The average Bonchev–Trinajstić information content (AvgIpc) is 2.95. The van der Waals surface area contributed by atoms with E-state index in [1.807, 2.05) is 24.3 Å². The number of hydrogen-bond acceptors (Lipinski definition) is 3. The van der Waals surface area contributed by atoms with Gasteiger partial charge in [-0.15, -0.1) is 0 Å². The van der Waals surface area contributed by atoms with Crippen LogP contribution < -0.4 is 5.56 Å². The first-order valence-corrected chi connectivity index (χ1v) is 7.86. The van der Waals surface area contributed by atoms with Gasteiger partial charge in [-0.3, -0.25) is 4.79 Å². The minimum Gasteiger partial charge on any atom is -0.349 e. The summed E-state index contributed by atoms with van der Waals surface area (Å²) in [6.07, 6.45) is 2.89. The van der Waals surface area contributed by atoms with E-state index in [0.717, 1.165) is 10.9 Å². The van der Waals surface area contributed by atoms with Gasteiger partial charge < -0.3 is 4.98 Å². The summed E-state index contributed by atoms with van der Waals surface area (Å²) in [4.78, 5) is 20.0. The van der Waals surface area contributed by atoms with Crippen LogP contribution in [0.1, 0.15) is 5.56 Å². The lowest BCUT2D eigenvalue weighted by Gasteiger charge is -2.00. The molecule has 2 heterocycles. The number of aromatic nitrogens is 3. The molecule has 118 valence electrons. The van der Waals surface area contributed by atoms with E-state index in [1.54, 1.807) is 18.2 Å². The molecule has 24 heavy (non-hydrogen) atoms. The number of benzene rings is 2. The van der Waals surface area contributed by atoms with Crippen molar-refractivity contribution in [1.82, 2.24) is 14.6 Å². The molecule has 0 spiro atoms. The molecule has 4 rings (SSSR count). The van der Waals surface area contributed by atoms with Crippen LogP contribution in [-0.2, 0) is 0 Å². The van der Waals surface area contributed by atoms with Gasteiger partial charge in [0.1, 0.15) is 17.4 Å². The van der Waals surface area contributed by atoms with Crippen LogP contribution in [0.5, 0.6) is 0 Å². The van der Waals surface area contributed by atoms with Crippen LogP contribution >= 0.6 is 23.2 Å². The zero-order valence-electron chi connectivity index (χ0n) is 12.2. The molecule has 0 saturated heterocycles. The Labute approximate surface area is 146 Å². The van der Waals surface area contributed by atoms with Crippen LogP contribution in [0.3, 0.4) is 0 Å². The molecule has 0 amide bonds. The number of nitrogens with zero attached hydrogens (tertiary/aromatic N) is 3. The SMILES string of the molecule is O=c1c2[nH]c3ccccc3c2ncn1/N=C\c1ccc(Cl)cc1Cl. The topological polar surface area (TPSA) is 63.0 Å². The molecule has 0 saturated carbocycles. The normalized spacial score (nSPS) is 11.8. The second-order valence-corrected chi connectivity index (χ2v) is 6.04. The lowest BCUT2D eigenvalue weighted by Crippen LogP contribution is -2.17. The van der Waals surface area contributed by atoms with E-state index in [-0.39, 0.29) is 5.56 Å². The number of aromatic amines is 1. The van der Waals surface area contributed by atoms with Gasteiger partial charge in [0.2, 0.25) is 0 Å². The first-order valence-electron chi connectivity index (χ1n) is 7.11. The number of nitrogens with one attached hydrogen (secondary N) is 1. The maximum Gasteiger partial charge on any atom is 0.298 e. The molecule has 0 fully saturated rings. The van der Waals surface area contributed by atoms with Crippen LogP contribution in [0, 0.1) is 0 Å². The van der Waals surface area contributed by atoms with Gasteiger partial charge in [0.25, 0.3) is 5.56 Å². The van der Waals surface area contributed by atoms with Gasteiger partial charge in [-0.25, -0.2) is 4.98 Å². The van der Waals surface area contributed by atoms with Crippen molar-refractivity contribution in [2.75, 3.05) is 0 Å². The highest BCUT2D eigenvalue weighted by Gasteiger charge is 2.09. The molecule has 0 atom stereocenters. The van der Waals surface area contributed by atoms with Crippen LogP contribution in [0.4, 0.5) is 0 Å². The highest BCUT2D eigenvalue weighted by Crippen LogP contribution is 2.21. The number of H-pyrrole nitrogens is 1. The van der Waals surface area contributed by atoms with Crippen molar-refractivity contribution in [2.24, 2.45) is 5.10 Å². The Balaban J connectivity index is 1.82. The van der Waals surface area contributed by atoms with E-state index >= 15 is 0 Å². The molecule has 2 aromatic carbocycles. The third-order valence-electron chi connectivity index (χ3n) is 3.68. The third-order valence-corrected chi connectivity index (χ3v) is 4.24. The van der Waals surface area contributed by atoms with Gasteiger partial charge in [-0.05, 0) is 18.2 Å². The smallest absolute Gasteiger partial charge is 0.298 e. The Hall–Kier alpha value is -2.63. The molecule has 7 heteroatoms. The van der Waals surface area contributed by atoms with E-state index < -0.39 is 0 Å². The summed E-state index contributed by atoms with van der Waals surface area (Å²) >= 11 is 12.0. The van der Waals surface area contributed by atoms with Crippen LogP contribution in [0.2, 0.25) is 10.0 Å². The molecular formula is C17H10Cl2N4O. The Kier molecular flexibility index (Phi) is 3.59. The van der Waals surface area contributed by atoms with E-state index in [1.165, 1.54) is 17.2 Å². The van der Waals surface area contributed by atoms with Gasteiger partial charge >= 0.3 is 0 Å². The molecule has 0 aliphatic rings. The molecule has 2 aromatic heterocycles. The van der Waals surface area contributed by atoms with Crippen molar-refractivity contribution in [3.05, 3.63) is 74.8 Å². The Morgan fingerprint density at radius 2 is 2.00 bits per heavy atom. The quantitative estimate of drug-likeness (QED) is 0.550. The van der Waals surface area contributed by atoms with Crippen molar-refractivity contribution in [2.45, 2.75) is 0 Å². The summed E-state index contributed by atoms with van der Waals surface area (Å²) in [7, 11) is 0. The largest absolute Gasteiger partial charge is 0.349 e. The van der Waals surface area contributed by atoms with E-state index in [4.69, 9.17) is 23.2 Å². The molecule has 0 bridgehead atoms. The average molecular weight is 357 g/mol. The van der Waals surface area contributed by atoms with Gasteiger partial charge in [0, 0.05) is 21.5 Å². The number of para-hydroxylation sites is 1. The van der Waals surface area contributed by atoms with Crippen molar-refractivity contribution >= 4 is 51.4 Å². The van der Waals surface area contributed by atoms with Gasteiger partial charge in [-0.1, -0.05) is 47.5 Å². The lowest BCUT2D eigenvalue weighted by molar-refractivity contribution is 0.815. The summed E-state index contributed by atoms with van der Waals surface area (Å²) in [6, 6.07) is 12.7. The van der Waals surface area contributed by atoms with Crippen LogP contribution in [0.15, 0.2) is 58.7 Å². The minimum absolute atomic E-state index is 0.280. The fourth-order valence-electron chi connectivity index (χ4n) is 2.51. The number of halogens is 2. The summed E-state index contributed by atoms with van der Waals surface area (Å²) in [5.41, 5.74) is 2.28. The summed E-state index contributed by atoms with van der Waals surface area (Å²) < 4.78 is 1.17. The number of rotatable bonds is 2. The molecule has 4 aromatic rings. The van der Waals surface area contributed by atoms with Crippen molar-refractivity contribution < 1.29 is 0 Å². The Bertz CT molecular complexity index is 1160. The van der Waals surface area contributed by atoms with Crippen LogP contribution in [-0.4, -0.2) is 20.9 Å². The molecule has 0 aliphatic heterocycles. The fourth-order valence-corrected chi connectivity index (χ4v) is 2.97. The summed E-state index contributed by atoms with van der Waals surface area (Å²) in [5, 5.41) is 6.05. The predicted octanol–water partition coefficient (Wildman–Crippen LogP) is 4.07. The third kappa shape index (κ3) is 2.48. The number of hydrogen-bond donors (Lipinski definition) is 1. The molecule has 1 N–H and O–H groups in total. The first kappa shape index (κ1) is 14.9. The van der Waals surface area contributed by atoms with Crippen molar-refractivity contribution in [3.63, 3.8) is 0 Å². The Morgan fingerprint density at radius 3 is 2.83 bits per heavy atom. The highest BCUT2D eigenvalue weighted by atomic mass is 35.5. The second-order valence-electron chi connectivity index (χ2n) is 5.20. The Morgan fingerprint density at radius 1 is 1.17 bits per heavy atom. The van der Waals surface area contributed by atoms with Gasteiger partial charge in [-0.2, -0.15) is 9.78 Å². The lowest BCUT2D eigenvalue weighted by atomic mass is 10.2. The molecule has 0 aliphatic carbocycles. The zero-order valence-corrected chi connectivity index (χ0v) is 13.7. The standard InChI is InChI=1S/C17H10Cl2N4O/c18-11-6-5-10(13(19)7-11)8-21-23-9-20-15-12-3-1-2-4-14(12)22-16(15)17(23)24/h1-9,22H/b21-8-. The van der Waals surface area contributed by atoms with Crippen molar-refractivity contribution in [3.8, 4) is 0 Å². The first-order chi connectivity index (χ1) is 11.6. The maximum absolute atomic E-state index is 12.6. The van der Waals surface area contributed by atoms with Crippen LogP contribution in [0.25, 0.3) is 21.9 Å². The highest BCUT2D eigenvalue weighted by molar-refractivity contribution is 6.36. The van der Waals surface area contributed by atoms with E-state index in [9.17, 15) is 4.79 Å². The summed E-state index contributed by atoms with van der Waals surface area (Å²) in [6.45, 7) is 0. The second kappa shape index (κ2) is 5.78. The molecule has 0 radical (unpaired) electrons. The van der Waals surface area contributed by atoms with Gasteiger partial charge in [0.15, 0.2) is 0 Å². The molecule has 0 unspecified atom stereocenters. The van der Waals surface area contributed by atoms with Gasteiger partial charge in [0.05, 0.1) is 11.2 Å². The minimum atomic E-state index is -0.280. The van der Waals surface area contributed by atoms with E-state index in [0.29, 0.717) is 26.6 Å². The monoisotopic (exact) mass is 356 g/mol. The molecule has 5 nitrogen and oxygen atoms in total. The fraction of sp³-hybridized carbons (Fsp3) is 0.